The van der Waals surface area contributed by atoms with Crippen LogP contribution in [0.4, 0.5) is 0 Å². The first-order chi connectivity index (χ1) is 9.61. The summed E-state index contributed by atoms with van der Waals surface area (Å²) in [6, 6.07) is 0. The van der Waals surface area contributed by atoms with Crippen LogP contribution in [0.2, 0.25) is 0 Å². The van der Waals surface area contributed by atoms with E-state index in [9.17, 15) is 13.2 Å². The molecule has 0 aromatic carbocycles. The molecule has 4 fully saturated rings. The van der Waals surface area contributed by atoms with Gasteiger partial charge in [-0.05, 0) is 58.8 Å². The fraction of sp³-hybridized carbons (Fsp3) is 0.938. The van der Waals surface area contributed by atoms with Gasteiger partial charge in [0.25, 0.3) is 0 Å². The minimum Gasteiger partial charge on any atom is -0.457 e. The van der Waals surface area contributed by atoms with Gasteiger partial charge in [0.2, 0.25) is 0 Å². The Hall–Kier alpha value is -0.580. The molecule has 4 nitrogen and oxygen atoms in total. The topological polar surface area (TPSA) is 60.4 Å². The van der Waals surface area contributed by atoms with Crippen molar-refractivity contribution in [1.82, 2.24) is 0 Å². The summed E-state index contributed by atoms with van der Waals surface area (Å²) >= 11 is 0. The van der Waals surface area contributed by atoms with Gasteiger partial charge in [0.1, 0.15) is 10.9 Å². The number of ether oxygens (including phenoxy) is 1. The second-order valence-electron chi connectivity index (χ2n) is 8.02. The molecule has 0 amide bonds. The molecule has 5 heteroatoms. The first kappa shape index (κ1) is 15.3. The van der Waals surface area contributed by atoms with Crippen molar-refractivity contribution in [3.05, 3.63) is 0 Å². The number of hydrogen-bond acceptors (Lipinski definition) is 4. The van der Waals surface area contributed by atoms with Crippen LogP contribution in [0.25, 0.3) is 0 Å². The largest absolute Gasteiger partial charge is 0.457 e. The van der Waals surface area contributed by atoms with Crippen molar-refractivity contribution in [3.8, 4) is 0 Å². The monoisotopic (exact) mass is 314 g/mol. The summed E-state index contributed by atoms with van der Waals surface area (Å²) in [7, 11) is -3.15. The van der Waals surface area contributed by atoms with Gasteiger partial charge in [-0.1, -0.05) is 6.92 Å². The SMILES string of the molecule is CCC(C)(C)C(=O)OC1(C)C2CC3CC(C2)S(=O)(=O)C1C3. The lowest BCUT2D eigenvalue weighted by molar-refractivity contribution is -0.183. The van der Waals surface area contributed by atoms with Gasteiger partial charge in [-0.2, -0.15) is 0 Å². The first-order valence-corrected chi connectivity index (χ1v) is 9.68. The molecule has 4 bridgehead atoms. The van der Waals surface area contributed by atoms with E-state index in [1.54, 1.807) is 0 Å². The Bertz CT molecular complexity index is 565. The third-order valence-corrected chi connectivity index (χ3v) is 9.14. The molecular formula is C16H26O4S. The molecule has 2 heterocycles. The zero-order valence-electron chi connectivity index (χ0n) is 13.4. The highest BCUT2D eigenvalue weighted by Crippen LogP contribution is 2.57. The predicted molar refractivity (Wildman–Crippen MR) is 80.5 cm³/mol. The molecule has 0 radical (unpaired) electrons. The van der Waals surface area contributed by atoms with E-state index < -0.39 is 26.1 Å². The number of sulfone groups is 1. The average molecular weight is 314 g/mol. The second kappa shape index (κ2) is 4.46. The van der Waals surface area contributed by atoms with Crippen LogP contribution in [0.5, 0.6) is 0 Å². The maximum absolute atomic E-state index is 12.7. The number of esters is 1. The van der Waals surface area contributed by atoms with E-state index in [1.165, 1.54) is 0 Å². The van der Waals surface area contributed by atoms with Crippen molar-refractivity contribution in [2.75, 3.05) is 0 Å². The molecule has 0 aromatic rings. The third kappa shape index (κ3) is 2.07. The lowest BCUT2D eigenvalue weighted by Crippen LogP contribution is -2.67. The fourth-order valence-corrected chi connectivity index (χ4v) is 7.37. The van der Waals surface area contributed by atoms with Gasteiger partial charge in [0.15, 0.2) is 9.84 Å². The highest BCUT2D eigenvalue weighted by Gasteiger charge is 2.64. The summed E-state index contributed by atoms with van der Waals surface area (Å²) in [5.74, 6) is 0.462. The van der Waals surface area contributed by atoms with Gasteiger partial charge in [-0.3, -0.25) is 4.79 Å². The third-order valence-electron chi connectivity index (χ3n) is 6.37. The van der Waals surface area contributed by atoms with Crippen LogP contribution in [0.15, 0.2) is 0 Å². The summed E-state index contributed by atoms with van der Waals surface area (Å²) in [5.41, 5.74) is -1.38. The minimum absolute atomic E-state index is 0.189. The quantitative estimate of drug-likeness (QED) is 0.752. The summed E-state index contributed by atoms with van der Waals surface area (Å²) in [6.45, 7) is 7.55. The molecule has 0 aromatic heterocycles. The molecule has 5 atom stereocenters. The van der Waals surface area contributed by atoms with E-state index in [0.717, 1.165) is 12.8 Å². The molecule has 2 aliphatic carbocycles. The molecule has 0 spiro atoms. The Labute approximate surface area is 127 Å². The van der Waals surface area contributed by atoms with Gasteiger partial charge < -0.3 is 4.74 Å². The van der Waals surface area contributed by atoms with Crippen LogP contribution in [-0.4, -0.2) is 30.5 Å². The Morgan fingerprint density at radius 3 is 2.52 bits per heavy atom. The molecular weight excluding hydrogens is 288 g/mol. The van der Waals surface area contributed by atoms with Crippen molar-refractivity contribution in [2.24, 2.45) is 17.3 Å². The smallest absolute Gasteiger partial charge is 0.312 e. The Morgan fingerprint density at radius 1 is 1.24 bits per heavy atom. The van der Waals surface area contributed by atoms with E-state index in [-0.39, 0.29) is 17.1 Å². The van der Waals surface area contributed by atoms with Crippen LogP contribution in [0, 0.1) is 17.3 Å². The molecule has 5 unspecified atom stereocenters. The molecule has 0 N–H and O–H groups in total. The zero-order valence-corrected chi connectivity index (χ0v) is 14.2. The maximum atomic E-state index is 12.7. The average Bonchev–Trinajstić information content (AvgIpc) is 2.41. The summed E-state index contributed by atoms with van der Waals surface area (Å²) in [5, 5.41) is -0.677. The van der Waals surface area contributed by atoms with Crippen LogP contribution < -0.4 is 0 Å². The molecule has 4 aliphatic rings. The van der Waals surface area contributed by atoms with Crippen molar-refractivity contribution in [3.63, 3.8) is 0 Å². The second-order valence-corrected chi connectivity index (χ2v) is 10.4. The molecule has 2 saturated carbocycles. The van der Waals surface area contributed by atoms with E-state index in [4.69, 9.17) is 4.74 Å². The Morgan fingerprint density at radius 2 is 1.90 bits per heavy atom. The van der Waals surface area contributed by atoms with Crippen molar-refractivity contribution >= 4 is 15.8 Å². The predicted octanol–water partition coefficient (Wildman–Crippen LogP) is 2.71. The van der Waals surface area contributed by atoms with Crippen molar-refractivity contribution in [1.29, 1.82) is 0 Å². The van der Waals surface area contributed by atoms with E-state index in [1.807, 2.05) is 27.7 Å². The maximum Gasteiger partial charge on any atom is 0.312 e. The number of carbonyl (C=O) groups excluding carboxylic acids is 1. The molecule has 2 aliphatic heterocycles. The molecule has 21 heavy (non-hydrogen) atoms. The standard InChI is InChI=1S/C16H26O4S/c1-5-15(2,3)14(17)20-16(4)11-6-10-7-12(9-11)21(18,19)13(16)8-10/h10-13H,5-9H2,1-4H3. The van der Waals surface area contributed by atoms with E-state index >= 15 is 0 Å². The number of rotatable bonds is 3. The summed E-state index contributed by atoms with van der Waals surface area (Å²) in [4.78, 5) is 12.5. The van der Waals surface area contributed by atoms with Gasteiger partial charge in [-0.25, -0.2) is 8.42 Å². The first-order valence-electron chi connectivity index (χ1n) is 8.07. The van der Waals surface area contributed by atoms with Crippen LogP contribution in [0.1, 0.15) is 59.8 Å². The van der Waals surface area contributed by atoms with Crippen LogP contribution in [-0.2, 0) is 19.4 Å². The normalized spacial score (nSPS) is 43.8. The summed E-state index contributed by atoms with van der Waals surface area (Å²) in [6.07, 6.45) is 3.87. The highest BCUT2D eigenvalue weighted by molar-refractivity contribution is 7.92. The fourth-order valence-electron chi connectivity index (χ4n) is 4.43. The molecule has 4 rings (SSSR count). The minimum atomic E-state index is -3.15. The van der Waals surface area contributed by atoms with Gasteiger partial charge in [0.05, 0.1) is 10.7 Å². The molecule has 120 valence electrons. The lowest BCUT2D eigenvalue weighted by atomic mass is 9.63. The Kier molecular flexibility index (Phi) is 3.26. The zero-order chi connectivity index (χ0) is 15.6. The van der Waals surface area contributed by atoms with Crippen LogP contribution >= 0.6 is 0 Å². The van der Waals surface area contributed by atoms with Gasteiger partial charge in [-0.15, -0.1) is 0 Å². The number of hydrogen-bond donors (Lipinski definition) is 0. The lowest BCUT2D eigenvalue weighted by Gasteiger charge is -2.58. The Balaban J connectivity index is 1.92. The highest BCUT2D eigenvalue weighted by atomic mass is 32.2. The van der Waals surface area contributed by atoms with E-state index in [2.05, 4.69) is 0 Å². The van der Waals surface area contributed by atoms with Crippen molar-refractivity contribution < 1.29 is 17.9 Å². The van der Waals surface area contributed by atoms with Crippen molar-refractivity contribution in [2.45, 2.75) is 75.9 Å². The molecule has 2 saturated heterocycles. The van der Waals surface area contributed by atoms with Gasteiger partial charge >= 0.3 is 5.97 Å². The van der Waals surface area contributed by atoms with Gasteiger partial charge in [0, 0.05) is 5.92 Å². The van der Waals surface area contributed by atoms with E-state index in [0.29, 0.717) is 25.2 Å². The summed E-state index contributed by atoms with van der Waals surface area (Å²) < 4.78 is 31.3. The number of carbonyl (C=O) groups is 1. The van der Waals surface area contributed by atoms with Crippen LogP contribution in [0.3, 0.4) is 0 Å².